The monoisotopic (exact) mass is 698 g/mol. The van der Waals surface area contributed by atoms with E-state index >= 15 is 0 Å². The third-order valence-corrected chi connectivity index (χ3v) is 11.0. The van der Waals surface area contributed by atoms with Gasteiger partial charge < -0.3 is 21.1 Å². The number of amides is 4. The largest absolute Gasteiger partial charge is 0.399 e. The second-order valence-corrected chi connectivity index (χ2v) is 15.7. The molecule has 14 heteroatoms. The number of rotatable bonds is 16. The summed E-state index contributed by atoms with van der Waals surface area (Å²) in [6, 6.07) is 12.6. The number of benzene rings is 2. The summed E-state index contributed by atoms with van der Waals surface area (Å²) < 4.78 is 28.7. The molecule has 1 aromatic heterocycles. The third-order valence-electron chi connectivity index (χ3n) is 8.11. The van der Waals surface area contributed by atoms with Gasteiger partial charge in [-0.2, -0.15) is 4.31 Å². The van der Waals surface area contributed by atoms with Gasteiger partial charge in [0.1, 0.15) is 12.6 Å². The number of nitrogens with zero attached hydrogens (tertiary/aromatic N) is 4. The van der Waals surface area contributed by atoms with Crippen LogP contribution in [0.3, 0.4) is 0 Å². The zero-order valence-corrected chi connectivity index (χ0v) is 29.7. The number of nitrogens with one attached hydrogen (secondary N) is 1. The van der Waals surface area contributed by atoms with E-state index < -0.39 is 46.1 Å². The number of carbonyl (C=O) groups excluding carboxylic acids is 3. The molecule has 4 amide bonds. The number of aromatic nitrogens is 1. The highest BCUT2D eigenvalue weighted by atomic mass is 32.2. The number of nitrogens with two attached hydrogens (primary N) is 1. The minimum atomic E-state index is -4.03. The molecule has 3 aromatic rings. The van der Waals surface area contributed by atoms with Gasteiger partial charge in [-0.15, -0.1) is 11.3 Å². The van der Waals surface area contributed by atoms with Crippen LogP contribution in [0.25, 0.3) is 0 Å². The van der Waals surface area contributed by atoms with Crippen LogP contribution in [0.2, 0.25) is 0 Å². The maximum absolute atomic E-state index is 14.0. The molecule has 4 rings (SSSR count). The van der Waals surface area contributed by atoms with Crippen molar-refractivity contribution in [1.82, 2.24) is 24.4 Å². The second-order valence-electron chi connectivity index (χ2n) is 12.8. The number of imide groups is 1. The number of aryl methyl sites for hydroxylation is 1. The van der Waals surface area contributed by atoms with Crippen molar-refractivity contribution in [3.8, 4) is 0 Å². The van der Waals surface area contributed by atoms with E-state index in [4.69, 9.17) is 5.73 Å². The molecule has 1 aliphatic rings. The van der Waals surface area contributed by atoms with Crippen molar-refractivity contribution in [2.75, 3.05) is 25.4 Å². The second kappa shape index (κ2) is 16.0. The highest BCUT2D eigenvalue weighted by Gasteiger charge is 2.44. The van der Waals surface area contributed by atoms with Crippen LogP contribution < -0.4 is 11.1 Å². The first-order valence-corrected chi connectivity index (χ1v) is 18.5. The molecule has 48 heavy (non-hydrogen) atoms. The van der Waals surface area contributed by atoms with Crippen LogP contribution in [-0.4, -0.2) is 88.3 Å². The maximum atomic E-state index is 14.0. The average molecular weight is 699 g/mol. The van der Waals surface area contributed by atoms with E-state index in [-0.39, 0.29) is 49.3 Å². The number of hydrogen-bond acceptors (Lipinski definition) is 9. The summed E-state index contributed by atoms with van der Waals surface area (Å²) in [6.45, 7) is 8.88. The molecule has 1 saturated heterocycles. The highest BCUT2D eigenvalue weighted by molar-refractivity contribution is 7.89. The molecule has 2 heterocycles. The molecule has 0 unspecified atom stereocenters. The molecular weight excluding hydrogens is 653 g/mol. The van der Waals surface area contributed by atoms with Crippen molar-refractivity contribution in [2.24, 2.45) is 11.8 Å². The Bertz CT molecular complexity index is 1660. The first kappa shape index (κ1) is 37.0. The summed E-state index contributed by atoms with van der Waals surface area (Å²) in [5, 5.41) is 17.3. The van der Waals surface area contributed by atoms with E-state index in [1.54, 1.807) is 13.8 Å². The van der Waals surface area contributed by atoms with Gasteiger partial charge in [0.15, 0.2) is 0 Å². The Morgan fingerprint density at radius 3 is 2.31 bits per heavy atom. The molecule has 1 aliphatic heterocycles. The normalized spacial score (nSPS) is 15.9. The van der Waals surface area contributed by atoms with Crippen LogP contribution in [0.5, 0.6) is 0 Å². The highest BCUT2D eigenvalue weighted by Crippen LogP contribution is 2.24. The van der Waals surface area contributed by atoms with Crippen LogP contribution in [-0.2, 0) is 39.0 Å². The Balaban J connectivity index is 1.58. The van der Waals surface area contributed by atoms with Crippen LogP contribution >= 0.6 is 11.3 Å². The lowest BCUT2D eigenvalue weighted by atomic mass is 9.97. The van der Waals surface area contributed by atoms with E-state index in [2.05, 4.69) is 10.3 Å². The number of thiazole rings is 1. The van der Waals surface area contributed by atoms with Crippen molar-refractivity contribution in [3.05, 3.63) is 76.2 Å². The van der Waals surface area contributed by atoms with Gasteiger partial charge in [0.25, 0.3) is 5.91 Å². The van der Waals surface area contributed by atoms with Crippen molar-refractivity contribution < 1.29 is 27.9 Å². The van der Waals surface area contributed by atoms with E-state index in [0.717, 1.165) is 21.9 Å². The van der Waals surface area contributed by atoms with Crippen molar-refractivity contribution >= 4 is 44.9 Å². The lowest BCUT2D eigenvalue weighted by molar-refractivity contribution is -0.129. The Labute approximate surface area is 287 Å². The number of anilines is 1. The van der Waals surface area contributed by atoms with Crippen LogP contribution in [0.1, 0.15) is 50.9 Å². The van der Waals surface area contributed by atoms with Gasteiger partial charge in [0, 0.05) is 24.2 Å². The molecular formula is C34H46N6O6S2. The SMILES string of the molecule is CCc1nc(CN2C(=O)CN([C@H](C(=O)N[C@@H](Cc3ccccc3)[C@@H](O)CN(CC(C)C)S(=O)(=O)c3ccc(N)cc3)C(C)C)C2=O)cs1. The quantitative estimate of drug-likeness (QED) is 0.151. The van der Waals surface area contributed by atoms with E-state index in [9.17, 15) is 27.9 Å². The predicted molar refractivity (Wildman–Crippen MR) is 185 cm³/mol. The Morgan fingerprint density at radius 1 is 1.06 bits per heavy atom. The van der Waals surface area contributed by atoms with Gasteiger partial charge in [0.05, 0.1) is 34.3 Å². The molecule has 0 aliphatic carbocycles. The summed E-state index contributed by atoms with van der Waals surface area (Å²) in [7, 11) is -4.03. The number of urea groups is 1. The molecule has 0 spiro atoms. The summed E-state index contributed by atoms with van der Waals surface area (Å²) >= 11 is 1.46. The summed E-state index contributed by atoms with van der Waals surface area (Å²) in [5.74, 6) is -1.42. The molecule has 0 bridgehead atoms. The molecule has 4 N–H and O–H groups in total. The molecule has 12 nitrogen and oxygen atoms in total. The molecule has 0 saturated carbocycles. The van der Waals surface area contributed by atoms with Crippen molar-refractivity contribution in [2.45, 2.75) is 77.1 Å². The van der Waals surface area contributed by atoms with Crippen molar-refractivity contribution in [3.63, 3.8) is 0 Å². The van der Waals surface area contributed by atoms with Gasteiger partial charge in [-0.25, -0.2) is 18.2 Å². The van der Waals surface area contributed by atoms with Gasteiger partial charge in [0.2, 0.25) is 15.9 Å². The van der Waals surface area contributed by atoms with Crippen molar-refractivity contribution in [1.29, 1.82) is 0 Å². The average Bonchev–Trinajstić information content (AvgIpc) is 3.60. The first-order valence-electron chi connectivity index (χ1n) is 16.1. The van der Waals surface area contributed by atoms with E-state index in [1.165, 1.54) is 44.8 Å². The summed E-state index contributed by atoms with van der Waals surface area (Å²) in [4.78, 5) is 47.5. The number of nitrogen functional groups attached to an aromatic ring is 1. The molecule has 3 atom stereocenters. The fourth-order valence-corrected chi connectivity index (χ4v) is 8.06. The Morgan fingerprint density at radius 2 is 1.73 bits per heavy atom. The number of sulfonamides is 1. The third kappa shape index (κ3) is 8.98. The van der Waals surface area contributed by atoms with Crippen LogP contribution in [0, 0.1) is 11.8 Å². The minimum absolute atomic E-state index is 0.0145. The standard InChI is InChI=1S/C34H46N6O6S2/c1-6-30-36-26(21-47-30)18-39-31(42)20-40(34(39)44)32(23(4)5)33(43)37-28(16-24-10-8-7-9-11-24)29(41)19-38(17-22(2)3)48(45,46)27-14-12-25(35)13-15-27/h7-15,21-23,28-29,32,41H,6,16-20,35H2,1-5H3,(H,37,43)/t28-,29-,32-/m0/s1. The number of carbonyl (C=O) groups is 3. The smallest absolute Gasteiger partial charge is 0.328 e. The number of aliphatic hydroxyl groups excluding tert-OH is 1. The van der Waals surface area contributed by atoms with Crippen LogP contribution in [0.4, 0.5) is 10.5 Å². The fraction of sp³-hybridized carbons (Fsp3) is 0.471. The molecule has 2 aromatic carbocycles. The summed E-state index contributed by atoms with van der Waals surface area (Å²) in [5.41, 5.74) is 7.63. The lowest BCUT2D eigenvalue weighted by Gasteiger charge is -2.34. The number of hydrogen-bond donors (Lipinski definition) is 3. The lowest BCUT2D eigenvalue weighted by Crippen LogP contribution is -2.57. The minimum Gasteiger partial charge on any atom is -0.399 e. The first-order chi connectivity index (χ1) is 22.7. The predicted octanol–water partition coefficient (Wildman–Crippen LogP) is 3.51. The van der Waals surface area contributed by atoms with Gasteiger partial charge >= 0.3 is 6.03 Å². The number of aliphatic hydroxyl groups is 1. The van der Waals surface area contributed by atoms with E-state index in [0.29, 0.717) is 11.4 Å². The molecule has 260 valence electrons. The topological polar surface area (TPSA) is 166 Å². The summed E-state index contributed by atoms with van der Waals surface area (Å²) in [6.07, 6.45) is -0.389. The van der Waals surface area contributed by atoms with Gasteiger partial charge in [-0.1, -0.05) is 65.0 Å². The van der Waals surface area contributed by atoms with Gasteiger partial charge in [-0.3, -0.25) is 14.5 Å². The van der Waals surface area contributed by atoms with Crippen LogP contribution in [0.15, 0.2) is 64.9 Å². The molecule has 1 fully saturated rings. The van der Waals surface area contributed by atoms with E-state index in [1.807, 2.05) is 56.5 Å². The Hall–Kier alpha value is -3.85. The zero-order chi connectivity index (χ0) is 35.2. The Kier molecular flexibility index (Phi) is 12.4. The zero-order valence-electron chi connectivity index (χ0n) is 28.1. The molecule has 0 radical (unpaired) electrons. The maximum Gasteiger partial charge on any atom is 0.328 e. The fourth-order valence-electron chi connectivity index (χ4n) is 5.71. The van der Waals surface area contributed by atoms with Gasteiger partial charge in [-0.05, 0) is 54.5 Å².